The summed E-state index contributed by atoms with van der Waals surface area (Å²) in [5.41, 5.74) is 1.85. The predicted octanol–water partition coefficient (Wildman–Crippen LogP) is 1.97. The average molecular weight is 246 g/mol. The molecule has 0 amide bonds. The fraction of sp³-hybridized carbons (Fsp3) is 0.429. The number of carbonyl (C=O) groups is 1. The summed E-state index contributed by atoms with van der Waals surface area (Å²) in [6, 6.07) is 7.10. The van der Waals surface area contributed by atoms with Gasteiger partial charge in [-0.25, -0.2) is 0 Å². The van der Waals surface area contributed by atoms with Crippen molar-refractivity contribution in [3.8, 4) is 6.07 Å². The lowest BCUT2D eigenvalue weighted by Gasteiger charge is -2.25. The number of nitriles is 1. The first-order valence-corrected chi connectivity index (χ1v) is 6.05. The van der Waals surface area contributed by atoms with Gasteiger partial charge in [0, 0.05) is 24.3 Å². The molecule has 96 valence electrons. The molecule has 1 N–H and O–H groups in total. The van der Waals surface area contributed by atoms with Crippen LogP contribution in [0.4, 0.5) is 5.69 Å². The van der Waals surface area contributed by atoms with E-state index in [4.69, 9.17) is 10.4 Å². The molecule has 0 aliphatic rings. The number of aliphatic hydroxyl groups excluding tert-OH is 1. The largest absolute Gasteiger partial charge is 0.395 e. The topological polar surface area (TPSA) is 64.3 Å². The first kappa shape index (κ1) is 14.2. The summed E-state index contributed by atoms with van der Waals surface area (Å²) < 4.78 is 0. The summed E-state index contributed by atoms with van der Waals surface area (Å²) >= 11 is 0. The van der Waals surface area contributed by atoms with Crippen molar-refractivity contribution in [1.82, 2.24) is 0 Å². The zero-order chi connectivity index (χ0) is 13.5. The summed E-state index contributed by atoms with van der Waals surface area (Å²) in [6.45, 7) is 4.77. The van der Waals surface area contributed by atoms with Crippen LogP contribution >= 0.6 is 0 Å². The molecule has 0 spiro atoms. The molecule has 4 heteroatoms. The molecule has 0 aromatic heterocycles. The summed E-state index contributed by atoms with van der Waals surface area (Å²) in [5.74, 6) is -0.0338. The SMILES string of the molecule is CCCN(CCO)c1cc(C#N)ccc1C(C)=O. The Morgan fingerprint density at radius 1 is 1.44 bits per heavy atom. The van der Waals surface area contributed by atoms with E-state index in [1.54, 1.807) is 18.2 Å². The van der Waals surface area contributed by atoms with E-state index in [0.717, 1.165) is 18.7 Å². The molecule has 18 heavy (non-hydrogen) atoms. The van der Waals surface area contributed by atoms with Gasteiger partial charge in [-0.3, -0.25) is 4.79 Å². The maximum absolute atomic E-state index is 11.6. The molecule has 1 aromatic rings. The number of Topliss-reactive ketones (excluding diaryl/α,β-unsaturated/α-hetero) is 1. The van der Waals surface area contributed by atoms with Crippen molar-refractivity contribution >= 4 is 11.5 Å². The first-order chi connectivity index (χ1) is 8.63. The number of hydrogen-bond acceptors (Lipinski definition) is 4. The van der Waals surface area contributed by atoms with Gasteiger partial charge in [-0.15, -0.1) is 0 Å². The lowest BCUT2D eigenvalue weighted by atomic mass is 10.1. The third-order valence-corrected chi connectivity index (χ3v) is 2.71. The molecular formula is C14H18N2O2. The normalized spacial score (nSPS) is 9.89. The Kier molecular flexibility index (Phi) is 5.34. The minimum absolute atomic E-state index is 0.0220. The maximum Gasteiger partial charge on any atom is 0.161 e. The lowest BCUT2D eigenvalue weighted by molar-refractivity contribution is 0.101. The van der Waals surface area contributed by atoms with Crippen molar-refractivity contribution in [3.63, 3.8) is 0 Å². The second-order valence-corrected chi connectivity index (χ2v) is 4.11. The van der Waals surface area contributed by atoms with Crippen molar-refractivity contribution in [2.75, 3.05) is 24.6 Å². The van der Waals surface area contributed by atoms with Gasteiger partial charge in [0.1, 0.15) is 0 Å². The van der Waals surface area contributed by atoms with Crippen molar-refractivity contribution in [2.24, 2.45) is 0 Å². The molecule has 0 atom stereocenters. The summed E-state index contributed by atoms with van der Waals surface area (Å²) in [5, 5.41) is 18.0. The molecule has 0 aliphatic heterocycles. The minimum Gasteiger partial charge on any atom is -0.395 e. The zero-order valence-corrected chi connectivity index (χ0v) is 10.8. The van der Waals surface area contributed by atoms with Gasteiger partial charge in [0.15, 0.2) is 5.78 Å². The first-order valence-electron chi connectivity index (χ1n) is 6.05. The number of benzene rings is 1. The van der Waals surface area contributed by atoms with Crippen LogP contribution in [0.2, 0.25) is 0 Å². The Hall–Kier alpha value is -1.86. The summed E-state index contributed by atoms with van der Waals surface area (Å²) in [6.07, 6.45) is 0.911. The third kappa shape index (κ3) is 3.31. The lowest BCUT2D eigenvalue weighted by Crippen LogP contribution is -2.29. The molecule has 0 heterocycles. The van der Waals surface area contributed by atoms with Gasteiger partial charge in [-0.1, -0.05) is 6.92 Å². The molecule has 1 aromatic carbocycles. The smallest absolute Gasteiger partial charge is 0.161 e. The highest BCUT2D eigenvalue weighted by Crippen LogP contribution is 2.23. The monoisotopic (exact) mass is 246 g/mol. The van der Waals surface area contributed by atoms with Crippen molar-refractivity contribution < 1.29 is 9.90 Å². The van der Waals surface area contributed by atoms with Gasteiger partial charge in [0.25, 0.3) is 0 Å². The number of ketones is 1. The average Bonchev–Trinajstić information content (AvgIpc) is 2.37. The summed E-state index contributed by atoms with van der Waals surface area (Å²) in [4.78, 5) is 13.5. The molecule has 0 radical (unpaired) electrons. The molecule has 0 fully saturated rings. The molecule has 0 bridgehead atoms. The molecule has 0 aliphatic carbocycles. The Bertz CT molecular complexity index is 457. The number of aliphatic hydroxyl groups is 1. The van der Waals surface area contributed by atoms with Gasteiger partial charge >= 0.3 is 0 Å². The van der Waals surface area contributed by atoms with Gasteiger partial charge in [0.2, 0.25) is 0 Å². The molecular weight excluding hydrogens is 228 g/mol. The van der Waals surface area contributed by atoms with Crippen LogP contribution < -0.4 is 4.90 Å². The second kappa shape index (κ2) is 6.77. The molecule has 0 saturated carbocycles. The zero-order valence-electron chi connectivity index (χ0n) is 10.8. The molecule has 0 unspecified atom stereocenters. The van der Waals surface area contributed by atoms with Crippen LogP contribution in [0.25, 0.3) is 0 Å². The highest BCUT2D eigenvalue weighted by atomic mass is 16.3. The number of anilines is 1. The van der Waals surface area contributed by atoms with E-state index in [1.165, 1.54) is 6.92 Å². The van der Waals surface area contributed by atoms with Crippen LogP contribution in [0.1, 0.15) is 36.2 Å². The van der Waals surface area contributed by atoms with Crippen LogP contribution in [0.15, 0.2) is 18.2 Å². The number of carbonyl (C=O) groups excluding carboxylic acids is 1. The fourth-order valence-corrected chi connectivity index (χ4v) is 1.90. The van der Waals surface area contributed by atoms with Gasteiger partial charge in [0.05, 0.1) is 18.2 Å². The Morgan fingerprint density at radius 3 is 2.67 bits per heavy atom. The molecule has 4 nitrogen and oxygen atoms in total. The fourth-order valence-electron chi connectivity index (χ4n) is 1.90. The van der Waals surface area contributed by atoms with Crippen LogP contribution in [0, 0.1) is 11.3 Å². The van der Waals surface area contributed by atoms with E-state index in [1.807, 2.05) is 11.8 Å². The van der Waals surface area contributed by atoms with Gasteiger partial charge in [-0.2, -0.15) is 5.26 Å². The Morgan fingerprint density at radius 2 is 2.17 bits per heavy atom. The Labute approximate surface area is 107 Å². The van der Waals surface area contributed by atoms with Crippen LogP contribution in [0.5, 0.6) is 0 Å². The highest BCUT2D eigenvalue weighted by Gasteiger charge is 2.14. The number of nitrogens with zero attached hydrogens (tertiary/aromatic N) is 2. The summed E-state index contributed by atoms with van der Waals surface area (Å²) in [7, 11) is 0. The predicted molar refractivity (Wildman–Crippen MR) is 70.8 cm³/mol. The van der Waals surface area contributed by atoms with E-state index >= 15 is 0 Å². The Balaban J connectivity index is 3.23. The van der Waals surface area contributed by atoms with E-state index < -0.39 is 0 Å². The quantitative estimate of drug-likeness (QED) is 0.779. The minimum atomic E-state index is -0.0338. The second-order valence-electron chi connectivity index (χ2n) is 4.11. The van der Waals surface area contributed by atoms with E-state index in [9.17, 15) is 4.79 Å². The molecule has 1 rings (SSSR count). The van der Waals surface area contributed by atoms with Crippen molar-refractivity contribution in [3.05, 3.63) is 29.3 Å². The highest BCUT2D eigenvalue weighted by molar-refractivity contribution is 6.00. The van der Waals surface area contributed by atoms with Crippen LogP contribution in [0.3, 0.4) is 0 Å². The van der Waals surface area contributed by atoms with Crippen LogP contribution in [-0.4, -0.2) is 30.6 Å². The maximum atomic E-state index is 11.6. The van der Waals surface area contributed by atoms with E-state index in [-0.39, 0.29) is 12.4 Å². The van der Waals surface area contributed by atoms with E-state index in [0.29, 0.717) is 17.7 Å². The van der Waals surface area contributed by atoms with E-state index in [2.05, 4.69) is 6.07 Å². The molecule has 0 saturated heterocycles. The van der Waals surface area contributed by atoms with Crippen molar-refractivity contribution in [1.29, 1.82) is 5.26 Å². The number of rotatable bonds is 6. The standard InChI is InChI=1S/C14H18N2O2/c1-3-6-16(7-8-17)14-9-12(10-15)4-5-13(14)11(2)18/h4-5,9,17H,3,6-8H2,1-2H3. The van der Waals surface area contributed by atoms with Crippen LogP contribution in [-0.2, 0) is 0 Å². The number of hydrogen-bond donors (Lipinski definition) is 1. The van der Waals surface area contributed by atoms with Crippen molar-refractivity contribution in [2.45, 2.75) is 20.3 Å². The van der Waals surface area contributed by atoms with Gasteiger partial charge in [-0.05, 0) is 31.5 Å². The third-order valence-electron chi connectivity index (χ3n) is 2.71. The van der Waals surface area contributed by atoms with Gasteiger partial charge < -0.3 is 10.0 Å².